The topological polar surface area (TPSA) is 92.2 Å². The maximum atomic E-state index is 9.99. The normalized spacial score (nSPS) is 13.9. The molecule has 7 heteroatoms. The van der Waals surface area contributed by atoms with Gasteiger partial charge in [-0.3, -0.25) is 0 Å². The van der Waals surface area contributed by atoms with Gasteiger partial charge in [0.25, 0.3) is 0 Å². The summed E-state index contributed by atoms with van der Waals surface area (Å²) in [5.41, 5.74) is -0.802. The second kappa shape index (κ2) is 7.23. The molecule has 0 saturated carbocycles. The Labute approximate surface area is 120 Å². The third kappa shape index (κ3) is 5.56. The average molecular weight is 283 g/mol. The molecule has 0 radical (unpaired) electrons. The van der Waals surface area contributed by atoms with Gasteiger partial charge >= 0.3 is 6.01 Å². The minimum atomic E-state index is -0.802. The van der Waals surface area contributed by atoms with Crippen LogP contribution < -0.4 is 15.4 Å². The standard InChI is InChI=1S/C13H25N5O2/c1-6-13(5,19)8-15-11-16-10(14-7-2)17-12(18-11)20-9(3)4/h9,19H,6-8H2,1-5H3,(H2,14,15,16,17,18). The summed E-state index contributed by atoms with van der Waals surface area (Å²) < 4.78 is 5.50. The summed E-state index contributed by atoms with van der Waals surface area (Å²) in [5, 5.41) is 16.0. The Balaban J connectivity index is 2.85. The first kappa shape index (κ1) is 16.4. The zero-order valence-electron chi connectivity index (χ0n) is 12.9. The lowest BCUT2D eigenvalue weighted by molar-refractivity contribution is 0.0695. The molecule has 0 aromatic carbocycles. The highest BCUT2D eigenvalue weighted by Gasteiger charge is 2.18. The predicted molar refractivity (Wildman–Crippen MR) is 79.2 cm³/mol. The van der Waals surface area contributed by atoms with Crippen molar-refractivity contribution in [2.75, 3.05) is 23.7 Å². The van der Waals surface area contributed by atoms with Gasteiger partial charge in [0.2, 0.25) is 11.9 Å². The van der Waals surface area contributed by atoms with E-state index < -0.39 is 5.60 Å². The van der Waals surface area contributed by atoms with Crippen LogP contribution in [-0.4, -0.2) is 44.9 Å². The minimum Gasteiger partial charge on any atom is -0.461 e. The molecule has 0 fully saturated rings. The van der Waals surface area contributed by atoms with Gasteiger partial charge in [0.05, 0.1) is 11.7 Å². The van der Waals surface area contributed by atoms with Crippen molar-refractivity contribution in [1.82, 2.24) is 15.0 Å². The lowest BCUT2D eigenvalue weighted by Gasteiger charge is -2.21. The second-order valence-corrected chi connectivity index (χ2v) is 5.17. The molecule has 1 atom stereocenters. The third-order valence-corrected chi connectivity index (χ3v) is 2.68. The van der Waals surface area contributed by atoms with E-state index in [0.717, 1.165) is 0 Å². The van der Waals surface area contributed by atoms with Gasteiger partial charge in [-0.25, -0.2) is 0 Å². The molecule has 1 aromatic heterocycles. The first-order valence-electron chi connectivity index (χ1n) is 6.99. The lowest BCUT2D eigenvalue weighted by Crippen LogP contribution is -2.33. The molecule has 3 N–H and O–H groups in total. The van der Waals surface area contributed by atoms with Crippen molar-refractivity contribution in [3.05, 3.63) is 0 Å². The zero-order valence-corrected chi connectivity index (χ0v) is 12.9. The largest absolute Gasteiger partial charge is 0.461 e. The first-order valence-corrected chi connectivity index (χ1v) is 6.99. The summed E-state index contributed by atoms with van der Waals surface area (Å²) in [6, 6.07) is 0.268. The summed E-state index contributed by atoms with van der Waals surface area (Å²) in [7, 11) is 0. The van der Waals surface area contributed by atoms with Gasteiger partial charge in [0, 0.05) is 13.1 Å². The molecule has 7 nitrogen and oxygen atoms in total. The van der Waals surface area contributed by atoms with Crippen LogP contribution in [0.2, 0.25) is 0 Å². The fourth-order valence-electron chi connectivity index (χ4n) is 1.33. The molecule has 0 aliphatic carbocycles. The lowest BCUT2D eigenvalue weighted by atomic mass is 10.0. The van der Waals surface area contributed by atoms with Gasteiger partial charge in [-0.15, -0.1) is 0 Å². The fraction of sp³-hybridized carbons (Fsp3) is 0.769. The highest BCUT2D eigenvalue weighted by atomic mass is 16.5. The Morgan fingerprint density at radius 2 is 1.75 bits per heavy atom. The smallest absolute Gasteiger partial charge is 0.323 e. The number of nitrogens with one attached hydrogen (secondary N) is 2. The van der Waals surface area contributed by atoms with Gasteiger partial charge in [0.15, 0.2) is 0 Å². The Morgan fingerprint density at radius 3 is 2.25 bits per heavy atom. The van der Waals surface area contributed by atoms with Crippen LogP contribution in [-0.2, 0) is 0 Å². The van der Waals surface area contributed by atoms with Gasteiger partial charge in [-0.05, 0) is 34.1 Å². The van der Waals surface area contributed by atoms with Crippen LogP contribution in [0.1, 0.15) is 41.0 Å². The van der Waals surface area contributed by atoms with E-state index in [-0.39, 0.29) is 12.1 Å². The van der Waals surface area contributed by atoms with E-state index in [9.17, 15) is 5.11 Å². The van der Waals surface area contributed by atoms with Crippen molar-refractivity contribution in [3.63, 3.8) is 0 Å². The maximum absolute atomic E-state index is 9.99. The molecule has 0 amide bonds. The van der Waals surface area contributed by atoms with Crippen molar-refractivity contribution in [2.24, 2.45) is 0 Å². The average Bonchev–Trinajstić information content (AvgIpc) is 2.36. The van der Waals surface area contributed by atoms with Crippen LogP contribution in [0.5, 0.6) is 6.01 Å². The summed E-state index contributed by atoms with van der Waals surface area (Å²) in [6.45, 7) is 10.5. The molecular formula is C13H25N5O2. The van der Waals surface area contributed by atoms with E-state index in [1.807, 2.05) is 27.7 Å². The number of aromatic nitrogens is 3. The first-order chi connectivity index (χ1) is 9.36. The van der Waals surface area contributed by atoms with Crippen LogP contribution in [0.3, 0.4) is 0 Å². The van der Waals surface area contributed by atoms with E-state index >= 15 is 0 Å². The van der Waals surface area contributed by atoms with Crippen molar-refractivity contribution >= 4 is 11.9 Å². The number of hydrogen-bond acceptors (Lipinski definition) is 7. The summed E-state index contributed by atoms with van der Waals surface area (Å²) in [4.78, 5) is 12.6. The van der Waals surface area contributed by atoms with E-state index in [1.165, 1.54) is 0 Å². The quantitative estimate of drug-likeness (QED) is 0.668. The Hall–Kier alpha value is -1.63. The van der Waals surface area contributed by atoms with Gasteiger partial charge in [0.1, 0.15) is 0 Å². The molecule has 1 unspecified atom stereocenters. The number of rotatable bonds is 8. The fourth-order valence-corrected chi connectivity index (χ4v) is 1.33. The van der Waals surface area contributed by atoms with Gasteiger partial charge < -0.3 is 20.5 Å². The molecule has 0 aliphatic heterocycles. The van der Waals surface area contributed by atoms with Crippen LogP contribution in [0.25, 0.3) is 0 Å². The van der Waals surface area contributed by atoms with Gasteiger partial charge in [-0.1, -0.05) is 6.92 Å². The minimum absolute atomic E-state index is 0.0153. The molecule has 0 spiro atoms. The molecular weight excluding hydrogens is 258 g/mol. The van der Waals surface area contributed by atoms with Crippen LogP contribution in [0.15, 0.2) is 0 Å². The highest BCUT2D eigenvalue weighted by Crippen LogP contribution is 2.14. The number of aliphatic hydroxyl groups is 1. The summed E-state index contributed by atoms with van der Waals surface area (Å²) in [6.07, 6.45) is 0.624. The second-order valence-electron chi connectivity index (χ2n) is 5.17. The monoisotopic (exact) mass is 283 g/mol. The van der Waals surface area contributed by atoms with Crippen LogP contribution in [0.4, 0.5) is 11.9 Å². The van der Waals surface area contributed by atoms with Gasteiger partial charge in [-0.2, -0.15) is 15.0 Å². The number of anilines is 2. The SMILES string of the molecule is CCNc1nc(NCC(C)(O)CC)nc(OC(C)C)n1. The Morgan fingerprint density at radius 1 is 1.15 bits per heavy atom. The highest BCUT2D eigenvalue weighted by molar-refractivity contribution is 5.36. The maximum Gasteiger partial charge on any atom is 0.323 e. The number of ether oxygens (including phenoxy) is 1. The van der Waals surface area contributed by atoms with Crippen LogP contribution in [0, 0.1) is 0 Å². The summed E-state index contributed by atoms with van der Waals surface area (Å²) >= 11 is 0. The zero-order chi connectivity index (χ0) is 15.2. The molecule has 114 valence electrons. The molecule has 0 saturated heterocycles. The molecule has 0 bridgehead atoms. The number of nitrogens with zero attached hydrogens (tertiary/aromatic N) is 3. The third-order valence-electron chi connectivity index (χ3n) is 2.68. The molecule has 20 heavy (non-hydrogen) atoms. The van der Waals surface area contributed by atoms with E-state index in [1.54, 1.807) is 6.92 Å². The predicted octanol–water partition coefficient (Wildman–Crippen LogP) is 1.66. The number of hydrogen-bond donors (Lipinski definition) is 3. The van der Waals surface area contributed by atoms with E-state index in [0.29, 0.717) is 31.4 Å². The van der Waals surface area contributed by atoms with Crippen LogP contribution >= 0.6 is 0 Å². The van der Waals surface area contributed by atoms with Crippen molar-refractivity contribution in [2.45, 2.75) is 52.7 Å². The Bertz CT molecular complexity index is 423. The van der Waals surface area contributed by atoms with Crippen molar-refractivity contribution in [1.29, 1.82) is 0 Å². The summed E-state index contributed by atoms with van der Waals surface area (Å²) in [5.74, 6) is 0.845. The molecule has 1 heterocycles. The Kier molecular flexibility index (Phi) is 5.94. The van der Waals surface area contributed by atoms with Crippen molar-refractivity contribution < 1.29 is 9.84 Å². The molecule has 1 rings (SSSR count). The van der Waals surface area contributed by atoms with Crippen molar-refractivity contribution in [3.8, 4) is 6.01 Å². The van der Waals surface area contributed by atoms with E-state index in [2.05, 4.69) is 25.6 Å². The molecule has 1 aromatic rings. The van der Waals surface area contributed by atoms with E-state index in [4.69, 9.17) is 4.74 Å². The molecule has 0 aliphatic rings.